The number of anilines is 2. The van der Waals surface area contributed by atoms with Gasteiger partial charge in [-0.3, -0.25) is 9.59 Å². The molecule has 3 aromatic rings. The van der Waals surface area contributed by atoms with Crippen molar-refractivity contribution >= 4 is 46.6 Å². The molecule has 7 nitrogen and oxygen atoms in total. The summed E-state index contributed by atoms with van der Waals surface area (Å²) in [5.41, 5.74) is 3.01. The van der Waals surface area contributed by atoms with E-state index in [1.165, 1.54) is 12.1 Å². The first-order valence-electron chi connectivity index (χ1n) is 10.5. The van der Waals surface area contributed by atoms with E-state index >= 15 is 0 Å². The lowest BCUT2D eigenvalue weighted by atomic mass is 10.1. The van der Waals surface area contributed by atoms with Crippen LogP contribution in [0.25, 0.3) is 6.08 Å². The Morgan fingerprint density at radius 1 is 1.09 bits per heavy atom. The summed E-state index contributed by atoms with van der Waals surface area (Å²) >= 11 is 6.45. The number of rotatable bonds is 7. The summed E-state index contributed by atoms with van der Waals surface area (Å²) in [5, 5.41) is 8.74. The molecule has 1 aliphatic heterocycles. The normalized spacial score (nSPS) is 14.2. The third kappa shape index (κ3) is 5.10. The van der Waals surface area contributed by atoms with Crippen molar-refractivity contribution in [2.45, 2.75) is 6.92 Å². The van der Waals surface area contributed by atoms with Gasteiger partial charge in [0.25, 0.3) is 11.8 Å². The van der Waals surface area contributed by atoms with Gasteiger partial charge >= 0.3 is 0 Å². The average Bonchev–Trinajstić information content (AvgIpc) is 3.12. The topological polar surface area (TPSA) is 80.2 Å². The molecular formula is C26H22ClN3O4. The minimum atomic E-state index is -0.333. The number of carbonyl (C=O) groups excluding carboxylic acids is 2. The van der Waals surface area contributed by atoms with Gasteiger partial charge in [-0.15, -0.1) is 0 Å². The molecule has 0 saturated heterocycles. The van der Waals surface area contributed by atoms with Crippen LogP contribution in [0.5, 0.6) is 11.5 Å². The van der Waals surface area contributed by atoms with E-state index < -0.39 is 0 Å². The quantitative estimate of drug-likeness (QED) is 0.478. The number of hydrazone groups is 1. The van der Waals surface area contributed by atoms with Crippen molar-refractivity contribution < 1.29 is 19.1 Å². The Hall–Kier alpha value is -4.10. The molecule has 3 aromatic carbocycles. The summed E-state index contributed by atoms with van der Waals surface area (Å²) < 4.78 is 11.1. The molecule has 1 heterocycles. The molecule has 34 heavy (non-hydrogen) atoms. The van der Waals surface area contributed by atoms with Gasteiger partial charge in [-0.05, 0) is 55.0 Å². The zero-order chi connectivity index (χ0) is 24.1. The van der Waals surface area contributed by atoms with Crippen LogP contribution in [0.15, 0.2) is 83.5 Å². The van der Waals surface area contributed by atoms with Crippen molar-refractivity contribution in [1.82, 2.24) is 0 Å². The van der Waals surface area contributed by atoms with E-state index in [0.717, 1.165) is 0 Å². The summed E-state index contributed by atoms with van der Waals surface area (Å²) in [4.78, 5) is 25.2. The first-order chi connectivity index (χ1) is 16.5. The molecule has 0 fully saturated rings. The zero-order valence-corrected chi connectivity index (χ0v) is 19.4. The monoisotopic (exact) mass is 475 g/mol. The van der Waals surface area contributed by atoms with E-state index in [1.54, 1.807) is 37.3 Å². The fraction of sp³-hybridized carbons (Fsp3) is 0.115. The molecule has 1 aliphatic rings. The average molecular weight is 476 g/mol. The first kappa shape index (κ1) is 23.1. The molecule has 0 unspecified atom stereocenters. The van der Waals surface area contributed by atoms with Crippen molar-refractivity contribution in [3.8, 4) is 11.5 Å². The standard InChI is InChI=1S/C26H22ClN3O4/c1-17-21(26(32)30(29-17)20-11-7-4-8-12-20)13-18-14-22(27)25(23(15-18)33-2)34-16-24(31)28-19-9-5-3-6-10-19/h3-15H,16H2,1-2H3,(H,28,31)/b21-13+. The molecule has 4 rings (SSSR count). The van der Waals surface area contributed by atoms with Gasteiger partial charge in [0.1, 0.15) is 0 Å². The molecule has 1 N–H and O–H groups in total. The lowest BCUT2D eigenvalue weighted by Crippen LogP contribution is -2.21. The second-order valence-corrected chi connectivity index (χ2v) is 7.84. The van der Waals surface area contributed by atoms with Crippen molar-refractivity contribution in [3.05, 3.63) is 89.0 Å². The van der Waals surface area contributed by atoms with Gasteiger partial charge in [0.05, 0.1) is 29.1 Å². The van der Waals surface area contributed by atoms with Crippen LogP contribution in [0.1, 0.15) is 12.5 Å². The molecule has 8 heteroatoms. The second kappa shape index (κ2) is 10.2. The van der Waals surface area contributed by atoms with Crippen LogP contribution < -0.4 is 19.8 Å². The number of amides is 2. The van der Waals surface area contributed by atoms with Crippen LogP contribution in [-0.2, 0) is 9.59 Å². The van der Waals surface area contributed by atoms with Crippen LogP contribution in [0.3, 0.4) is 0 Å². The van der Waals surface area contributed by atoms with E-state index in [0.29, 0.717) is 34.0 Å². The molecule has 0 aliphatic carbocycles. The lowest BCUT2D eigenvalue weighted by Gasteiger charge is -2.14. The largest absolute Gasteiger partial charge is 0.493 e. The van der Waals surface area contributed by atoms with E-state index in [-0.39, 0.29) is 29.2 Å². The minimum absolute atomic E-state index is 0.239. The molecule has 0 saturated carbocycles. The zero-order valence-electron chi connectivity index (χ0n) is 18.6. The Morgan fingerprint density at radius 2 is 1.76 bits per heavy atom. The summed E-state index contributed by atoms with van der Waals surface area (Å²) in [6.45, 7) is 1.52. The number of nitrogens with one attached hydrogen (secondary N) is 1. The van der Waals surface area contributed by atoms with Gasteiger partial charge in [-0.1, -0.05) is 48.0 Å². The first-order valence-corrected chi connectivity index (χ1v) is 10.9. The van der Waals surface area contributed by atoms with Crippen LogP contribution in [-0.4, -0.2) is 31.2 Å². The SMILES string of the molecule is COc1cc(/C=C2/C(=O)N(c3ccccc3)N=C2C)cc(Cl)c1OCC(=O)Nc1ccccc1. The predicted molar refractivity (Wildman–Crippen MR) is 134 cm³/mol. The number of carbonyl (C=O) groups is 2. The van der Waals surface area contributed by atoms with Gasteiger partial charge in [0.15, 0.2) is 18.1 Å². The fourth-order valence-electron chi connectivity index (χ4n) is 3.41. The van der Waals surface area contributed by atoms with E-state index in [9.17, 15) is 9.59 Å². The van der Waals surface area contributed by atoms with Crippen molar-refractivity contribution in [2.75, 3.05) is 24.0 Å². The van der Waals surface area contributed by atoms with Gasteiger partial charge in [0, 0.05) is 5.69 Å². The number of para-hydroxylation sites is 2. The second-order valence-electron chi connectivity index (χ2n) is 7.43. The Balaban J connectivity index is 1.51. The van der Waals surface area contributed by atoms with Gasteiger partial charge in [-0.25, -0.2) is 0 Å². The van der Waals surface area contributed by atoms with E-state index in [1.807, 2.05) is 48.5 Å². The van der Waals surface area contributed by atoms with Crippen LogP contribution in [0.4, 0.5) is 11.4 Å². The number of methoxy groups -OCH3 is 1. The number of halogens is 1. The smallest absolute Gasteiger partial charge is 0.280 e. The summed E-state index contributed by atoms with van der Waals surface area (Å²) in [7, 11) is 1.48. The summed E-state index contributed by atoms with van der Waals surface area (Å²) in [6, 6.07) is 21.6. The summed E-state index contributed by atoms with van der Waals surface area (Å²) in [5.74, 6) is 0.00648. The minimum Gasteiger partial charge on any atom is -0.493 e. The van der Waals surface area contributed by atoms with E-state index in [2.05, 4.69) is 10.4 Å². The maximum absolute atomic E-state index is 13.0. The number of ether oxygens (including phenoxy) is 2. The van der Waals surface area contributed by atoms with Gasteiger partial charge in [-0.2, -0.15) is 10.1 Å². The molecule has 2 amide bonds. The highest BCUT2D eigenvalue weighted by Gasteiger charge is 2.28. The molecule has 0 spiro atoms. The molecule has 0 atom stereocenters. The molecular weight excluding hydrogens is 454 g/mol. The van der Waals surface area contributed by atoms with Crippen LogP contribution >= 0.6 is 11.6 Å². The maximum atomic E-state index is 13.0. The number of benzene rings is 3. The van der Waals surface area contributed by atoms with Crippen molar-refractivity contribution in [2.24, 2.45) is 5.10 Å². The lowest BCUT2D eigenvalue weighted by molar-refractivity contribution is -0.118. The highest BCUT2D eigenvalue weighted by atomic mass is 35.5. The van der Waals surface area contributed by atoms with Crippen LogP contribution in [0.2, 0.25) is 5.02 Å². The molecule has 0 bridgehead atoms. The Kier molecular flexibility index (Phi) is 6.94. The van der Waals surface area contributed by atoms with Crippen LogP contribution in [0, 0.1) is 0 Å². The molecule has 0 aromatic heterocycles. The number of hydrogen-bond acceptors (Lipinski definition) is 5. The predicted octanol–water partition coefficient (Wildman–Crippen LogP) is 5.17. The van der Waals surface area contributed by atoms with Gasteiger partial charge in [0.2, 0.25) is 0 Å². The van der Waals surface area contributed by atoms with Gasteiger partial charge < -0.3 is 14.8 Å². The highest BCUT2D eigenvalue weighted by Crippen LogP contribution is 2.37. The number of hydrogen-bond donors (Lipinski definition) is 1. The maximum Gasteiger partial charge on any atom is 0.280 e. The Morgan fingerprint density at radius 3 is 2.44 bits per heavy atom. The fourth-order valence-corrected chi connectivity index (χ4v) is 3.69. The number of nitrogens with zero attached hydrogens (tertiary/aromatic N) is 2. The molecule has 172 valence electrons. The van der Waals surface area contributed by atoms with E-state index in [4.69, 9.17) is 21.1 Å². The van der Waals surface area contributed by atoms with Crippen molar-refractivity contribution in [1.29, 1.82) is 0 Å². The summed E-state index contributed by atoms with van der Waals surface area (Å²) in [6.07, 6.45) is 1.70. The van der Waals surface area contributed by atoms with Crippen molar-refractivity contribution in [3.63, 3.8) is 0 Å². The Labute approximate surface area is 202 Å². The highest BCUT2D eigenvalue weighted by molar-refractivity contribution is 6.33. The Bertz CT molecular complexity index is 1270. The molecule has 0 radical (unpaired) electrons. The third-order valence-electron chi connectivity index (χ3n) is 5.03. The third-order valence-corrected chi connectivity index (χ3v) is 5.31.